The van der Waals surface area contributed by atoms with Gasteiger partial charge in [-0.2, -0.15) is 4.52 Å². The Morgan fingerprint density at radius 3 is 2.86 bits per heavy atom. The molecular weight excluding hydrogens is 329 g/mol. The second-order valence-corrected chi connectivity index (χ2v) is 6.26. The largest absolute Gasteiger partial charge is 0.320 e. The fourth-order valence-electron chi connectivity index (χ4n) is 1.84. The van der Waals surface area contributed by atoms with Crippen LogP contribution in [0.5, 0.6) is 0 Å². The van der Waals surface area contributed by atoms with E-state index in [-0.39, 0.29) is 15.9 Å². The van der Waals surface area contributed by atoms with E-state index in [1.165, 1.54) is 18.2 Å². The summed E-state index contributed by atoms with van der Waals surface area (Å²) in [5.41, 5.74) is 0.395. The van der Waals surface area contributed by atoms with Crippen molar-refractivity contribution < 1.29 is 9.18 Å². The van der Waals surface area contributed by atoms with Crippen LogP contribution in [-0.4, -0.2) is 25.7 Å². The summed E-state index contributed by atoms with van der Waals surface area (Å²) in [5, 5.41) is 15.1. The predicted octanol–water partition coefficient (Wildman–Crippen LogP) is 3.35. The monoisotopic (exact) mass is 339 g/mol. The maximum Gasteiger partial charge on any atom is 0.286 e. The van der Waals surface area contributed by atoms with E-state index in [1.807, 2.05) is 13.8 Å². The first-order valence-electron chi connectivity index (χ1n) is 6.44. The van der Waals surface area contributed by atoms with E-state index in [1.54, 1.807) is 4.52 Å². The van der Waals surface area contributed by atoms with Crippen molar-refractivity contribution in [3.8, 4) is 0 Å². The summed E-state index contributed by atoms with van der Waals surface area (Å²) in [6.45, 7) is 3.94. The van der Waals surface area contributed by atoms with Gasteiger partial charge in [-0.3, -0.25) is 4.79 Å². The minimum absolute atomic E-state index is 0.0574. The number of benzene rings is 1. The fourth-order valence-corrected chi connectivity index (χ4v) is 2.76. The third kappa shape index (κ3) is 2.67. The quantitative estimate of drug-likeness (QED) is 0.794. The molecule has 2 aromatic heterocycles. The maximum absolute atomic E-state index is 13.1. The molecule has 0 radical (unpaired) electrons. The number of halogens is 2. The molecule has 9 heteroatoms. The lowest BCUT2D eigenvalue weighted by Gasteiger charge is -2.03. The molecule has 2 heterocycles. The van der Waals surface area contributed by atoms with E-state index in [4.69, 9.17) is 11.6 Å². The molecule has 0 aliphatic heterocycles. The highest BCUT2D eigenvalue weighted by Gasteiger charge is 2.18. The lowest BCUT2D eigenvalue weighted by Crippen LogP contribution is -2.12. The van der Waals surface area contributed by atoms with Gasteiger partial charge in [0.25, 0.3) is 5.91 Å². The molecule has 114 valence electrons. The molecule has 0 saturated carbocycles. The molecule has 1 N–H and O–H groups in total. The van der Waals surface area contributed by atoms with Gasteiger partial charge in [-0.1, -0.05) is 36.8 Å². The number of carbonyl (C=O) groups is 1. The molecule has 0 unspecified atom stereocenters. The van der Waals surface area contributed by atoms with Crippen molar-refractivity contribution in [1.29, 1.82) is 0 Å². The topological polar surface area (TPSA) is 72.2 Å². The van der Waals surface area contributed by atoms with Gasteiger partial charge < -0.3 is 5.32 Å². The zero-order valence-corrected chi connectivity index (χ0v) is 13.2. The van der Waals surface area contributed by atoms with E-state index >= 15 is 0 Å². The lowest BCUT2D eigenvalue weighted by molar-refractivity contribution is 0.102. The average Bonchev–Trinajstić information content (AvgIpc) is 3.02. The van der Waals surface area contributed by atoms with Crippen LogP contribution in [0.2, 0.25) is 5.02 Å². The van der Waals surface area contributed by atoms with Gasteiger partial charge in [0.15, 0.2) is 5.82 Å². The van der Waals surface area contributed by atoms with Crippen LogP contribution in [0.15, 0.2) is 18.2 Å². The van der Waals surface area contributed by atoms with Gasteiger partial charge >= 0.3 is 0 Å². The van der Waals surface area contributed by atoms with Crippen molar-refractivity contribution in [3.63, 3.8) is 0 Å². The minimum atomic E-state index is -0.542. The van der Waals surface area contributed by atoms with E-state index < -0.39 is 11.7 Å². The van der Waals surface area contributed by atoms with E-state index in [0.717, 1.165) is 11.3 Å². The highest BCUT2D eigenvalue weighted by Crippen LogP contribution is 2.22. The Kier molecular flexibility index (Phi) is 3.79. The van der Waals surface area contributed by atoms with Crippen molar-refractivity contribution >= 4 is 39.5 Å². The van der Waals surface area contributed by atoms with Gasteiger partial charge in [0.05, 0.1) is 5.02 Å². The number of nitrogens with zero attached hydrogens (tertiary/aromatic N) is 4. The molecule has 0 aliphatic rings. The Labute approximate surface area is 133 Å². The van der Waals surface area contributed by atoms with E-state index in [2.05, 4.69) is 20.6 Å². The number of aromatic nitrogens is 4. The fraction of sp³-hybridized carbons (Fsp3) is 0.231. The molecule has 22 heavy (non-hydrogen) atoms. The van der Waals surface area contributed by atoms with Crippen molar-refractivity contribution in [2.24, 2.45) is 0 Å². The number of hydrogen-bond donors (Lipinski definition) is 1. The van der Waals surface area contributed by atoms with Crippen molar-refractivity contribution in [2.45, 2.75) is 19.8 Å². The first kappa shape index (κ1) is 14.9. The van der Waals surface area contributed by atoms with Crippen molar-refractivity contribution in [1.82, 2.24) is 19.8 Å². The molecule has 0 saturated heterocycles. The number of amides is 1. The second-order valence-electron chi connectivity index (χ2n) is 4.90. The third-order valence-electron chi connectivity index (χ3n) is 2.90. The summed E-state index contributed by atoms with van der Waals surface area (Å²) in [5.74, 6) is -0.119. The zero-order chi connectivity index (χ0) is 15.9. The summed E-state index contributed by atoms with van der Waals surface area (Å²) in [7, 11) is 0. The van der Waals surface area contributed by atoms with Crippen LogP contribution < -0.4 is 5.32 Å². The van der Waals surface area contributed by atoms with Gasteiger partial charge in [-0.25, -0.2) is 4.39 Å². The summed E-state index contributed by atoms with van der Waals surface area (Å²) >= 11 is 6.81. The standard InChI is InChI=1S/C13H11ClFN5OS/c1-6(2)10-17-18-13-20(10)19-12(22-13)11(21)16-7-3-4-9(15)8(14)5-7/h3-6H,1-2H3,(H,16,21). The molecule has 0 fully saturated rings. The van der Waals surface area contributed by atoms with Crippen LogP contribution >= 0.6 is 22.9 Å². The minimum Gasteiger partial charge on any atom is -0.320 e. The SMILES string of the molecule is CC(C)c1nnc2sc(C(=O)Nc3ccc(F)c(Cl)c3)nn12. The molecule has 0 spiro atoms. The number of nitrogens with one attached hydrogen (secondary N) is 1. The summed E-state index contributed by atoms with van der Waals surface area (Å²) in [4.78, 5) is 12.7. The highest BCUT2D eigenvalue weighted by molar-refractivity contribution is 7.18. The number of anilines is 1. The zero-order valence-electron chi connectivity index (χ0n) is 11.7. The van der Waals surface area contributed by atoms with E-state index in [0.29, 0.717) is 16.5 Å². The third-order valence-corrected chi connectivity index (χ3v) is 4.09. The number of carbonyl (C=O) groups excluding carboxylic acids is 1. The van der Waals surface area contributed by atoms with Gasteiger partial charge in [0.1, 0.15) is 5.82 Å². The average molecular weight is 340 g/mol. The van der Waals surface area contributed by atoms with Crippen molar-refractivity contribution in [2.75, 3.05) is 5.32 Å². The van der Waals surface area contributed by atoms with Crippen molar-refractivity contribution in [3.05, 3.63) is 39.9 Å². The van der Waals surface area contributed by atoms with Crippen LogP contribution in [0.25, 0.3) is 4.96 Å². The molecule has 0 aliphatic carbocycles. The predicted molar refractivity (Wildman–Crippen MR) is 82.1 cm³/mol. The molecule has 0 atom stereocenters. The van der Waals surface area contributed by atoms with Crippen LogP contribution in [-0.2, 0) is 0 Å². The second kappa shape index (κ2) is 5.62. The molecule has 3 aromatic rings. The number of hydrogen-bond acceptors (Lipinski definition) is 5. The summed E-state index contributed by atoms with van der Waals surface area (Å²) in [6, 6.07) is 3.96. The van der Waals surface area contributed by atoms with E-state index in [9.17, 15) is 9.18 Å². The normalized spacial score (nSPS) is 11.3. The first-order valence-corrected chi connectivity index (χ1v) is 7.63. The Bertz CT molecular complexity index is 859. The number of rotatable bonds is 3. The highest BCUT2D eigenvalue weighted by atomic mass is 35.5. The Balaban J connectivity index is 1.87. The molecule has 1 amide bonds. The molecular formula is C13H11ClFN5OS. The molecule has 3 rings (SSSR count). The van der Waals surface area contributed by atoms with Gasteiger partial charge in [-0.05, 0) is 18.2 Å². The van der Waals surface area contributed by atoms with Gasteiger partial charge in [0.2, 0.25) is 9.97 Å². The van der Waals surface area contributed by atoms with Crippen LogP contribution in [0.3, 0.4) is 0 Å². The Hall–Kier alpha value is -2.06. The summed E-state index contributed by atoms with van der Waals surface area (Å²) in [6.07, 6.45) is 0. The molecule has 0 bridgehead atoms. The smallest absolute Gasteiger partial charge is 0.286 e. The maximum atomic E-state index is 13.1. The molecule has 6 nitrogen and oxygen atoms in total. The summed E-state index contributed by atoms with van der Waals surface area (Å²) < 4.78 is 14.7. The van der Waals surface area contributed by atoms with Crippen LogP contribution in [0, 0.1) is 5.82 Å². The van der Waals surface area contributed by atoms with Crippen LogP contribution in [0.1, 0.15) is 35.4 Å². The van der Waals surface area contributed by atoms with Gasteiger partial charge in [0, 0.05) is 11.6 Å². The Morgan fingerprint density at radius 1 is 1.41 bits per heavy atom. The molecule has 1 aromatic carbocycles. The lowest BCUT2D eigenvalue weighted by atomic mass is 10.2. The Morgan fingerprint density at radius 2 is 2.18 bits per heavy atom. The van der Waals surface area contributed by atoms with Crippen LogP contribution in [0.4, 0.5) is 10.1 Å². The number of fused-ring (bicyclic) bond motifs is 1. The first-order chi connectivity index (χ1) is 10.5. The van der Waals surface area contributed by atoms with Gasteiger partial charge in [-0.15, -0.1) is 15.3 Å².